The summed E-state index contributed by atoms with van der Waals surface area (Å²) in [6.45, 7) is 0. The van der Waals surface area contributed by atoms with Gasteiger partial charge in [-0.3, -0.25) is 0 Å². The Labute approximate surface area is 395 Å². The van der Waals surface area contributed by atoms with Crippen LogP contribution in [-0.4, -0.2) is 4.57 Å². The van der Waals surface area contributed by atoms with Crippen molar-refractivity contribution < 1.29 is 0 Å². The van der Waals surface area contributed by atoms with Gasteiger partial charge in [0.15, 0.2) is 0 Å². The number of benzene rings is 11. The van der Waals surface area contributed by atoms with E-state index < -0.39 is 5.41 Å². The van der Waals surface area contributed by atoms with Crippen LogP contribution >= 0.6 is 23.1 Å². The molecule has 13 aromatic rings. The van der Waals surface area contributed by atoms with Crippen LogP contribution in [0.3, 0.4) is 0 Å². The maximum absolute atomic E-state index is 2.49. The maximum Gasteiger partial charge on any atom is 0.0735 e. The summed E-state index contributed by atoms with van der Waals surface area (Å²) in [4.78, 5) is 5.05. The van der Waals surface area contributed by atoms with Crippen molar-refractivity contribution in [3.8, 4) is 16.8 Å². The molecule has 312 valence electrons. The van der Waals surface area contributed by atoms with E-state index in [4.69, 9.17) is 0 Å². The van der Waals surface area contributed by atoms with Crippen molar-refractivity contribution >= 4 is 104 Å². The van der Waals surface area contributed by atoms with E-state index in [9.17, 15) is 0 Å². The number of rotatable bonds is 4. The van der Waals surface area contributed by atoms with Gasteiger partial charge in [-0.05, 0) is 110 Å². The van der Waals surface area contributed by atoms with Gasteiger partial charge in [0.05, 0.1) is 22.1 Å². The Hall–Kier alpha value is -7.89. The number of anilines is 3. The van der Waals surface area contributed by atoms with Crippen LogP contribution in [0, 0.1) is 0 Å². The van der Waals surface area contributed by atoms with Crippen molar-refractivity contribution in [3.05, 3.63) is 253 Å². The van der Waals surface area contributed by atoms with E-state index in [1.165, 1.54) is 112 Å². The predicted octanol–water partition coefficient (Wildman–Crippen LogP) is 17.8. The minimum Gasteiger partial charge on any atom is -0.310 e. The van der Waals surface area contributed by atoms with Crippen LogP contribution in [0.1, 0.15) is 22.3 Å². The Morgan fingerprint density at radius 2 is 0.955 bits per heavy atom. The number of hydrogen-bond donors (Lipinski definition) is 0. The molecule has 67 heavy (non-hydrogen) atoms. The van der Waals surface area contributed by atoms with Crippen molar-refractivity contribution in [1.29, 1.82) is 0 Å². The molecule has 0 fully saturated rings. The molecule has 2 aromatic heterocycles. The average molecular weight is 887 g/mol. The molecule has 3 heterocycles. The number of aromatic nitrogens is 1. The summed E-state index contributed by atoms with van der Waals surface area (Å²) >= 11 is 3.77. The van der Waals surface area contributed by atoms with Crippen molar-refractivity contribution in [2.45, 2.75) is 15.2 Å². The van der Waals surface area contributed by atoms with Gasteiger partial charge in [-0.2, -0.15) is 0 Å². The second-order valence-corrected chi connectivity index (χ2v) is 20.1. The largest absolute Gasteiger partial charge is 0.310 e. The van der Waals surface area contributed by atoms with Gasteiger partial charge in [-0.15, -0.1) is 11.3 Å². The molecular formula is C63H38N2S2. The van der Waals surface area contributed by atoms with Crippen LogP contribution in [0.5, 0.6) is 0 Å². The fraction of sp³-hybridized carbons (Fsp3) is 0.0159. The van der Waals surface area contributed by atoms with Gasteiger partial charge in [0, 0.05) is 63.2 Å². The highest BCUT2D eigenvalue weighted by Crippen LogP contribution is 2.62. The van der Waals surface area contributed by atoms with E-state index in [0.29, 0.717) is 0 Å². The molecule has 2 nitrogen and oxygen atoms in total. The molecule has 15 rings (SSSR count). The lowest BCUT2D eigenvalue weighted by Crippen LogP contribution is -2.36. The summed E-state index contributed by atoms with van der Waals surface area (Å²) in [5.74, 6) is 0. The lowest BCUT2D eigenvalue weighted by atomic mass is 9.59. The smallest absolute Gasteiger partial charge is 0.0735 e. The number of nitrogens with zero attached hydrogens (tertiary/aromatic N) is 2. The number of para-hydroxylation sites is 1. The van der Waals surface area contributed by atoms with Gasteiger partial charge in [0.25, 0.3) is 0 Å². The summed E-state index contributed by atoms with van der Waals surface area (Å²) in [6, 6.07) is 86.5. The summed E-state index contributed by atoms with van der Waals surface area (Å²) in [5, 5.41) is 10.2. The molecule has 4 heteroatoms. The fourth-order valence-electron chi connectivity index (χ4n) is 11.9. The van der Waals surface area contributed by atoms with E-state index in [2.05, 4.69) is 240 Å². The van der Waals surface area contributed by atoms with Crippen LogP contribution in [0.15, 0.2) is 240 Å². The minimum atomic E-state index is -0.515. The molecular weight excluding hydrogens is 849 g/mol. The van der Waals surface area contributed by atoms with E-state index in [-0.39, 0.29) is 0 Å². The van der Waals surface area contributed by atoms with Gasteiger partial charge in [-0.25, -0.2) is 0 Å². The van der Waals surface area contributed by atoms with E-state index in [0.717, 1.165) is 17.1 Å². The van der Waals surface area contributed by atoms with Crippen LogP contribution < -0.4 is 4.90 Å². The average Bonchev–Trinajstić information content (AvgIpc) is 3.92. The molecule has 0 saturated carbocycles. The zero-order valence-electron chi connectivity index (χ0n) is 36.2. The predicted molar refractivity (Wildman–Crippen MR) is 285 cm³/mol. The second-order valence-electron chi connectivity index (χ2n) is 17.9. The number of fused-ring (bicyclic) bond motifs is 15. The van der Waals surface area contributed by atoms with E-state index >= 15 is 0 Å². The van der Waals surface area contributed by atoms with Gasteiger partial charge in [0.1, 0.15) is 0 Å². The molecule has 11 aromatic carbocycles. The Kier molecular flexibility index (Phi) is 7.84. The third-order valence-corrected chi connectivity index (χ3v) is 16.9. The quantitative estimate of drug-likeness (QED) is 0.174. The molecule has 1 aliphatic heterocycles. The highest BCUT2D eigenvalue weighted by atomic mass is 32.2. The van der Waals surface area contributed by atoms with Gasteiger partial charge in [0.2, 0.25) is 0 Å². The molecule has 2 aliphatic rings. The zero-order valence-corrected chi connectivity index (χ0v) is 37.8. The fourth-order valence-corrected chi connectivity index (χ4v) is 14.2. The third kappa shape index (κ3) is 5.17. The molecule has 1 aliphatic carbocycles. The summed E-state index contributed by atoms with van der Waals surface area (Å²) in [7, 11) is 0. The summed E-state index contributed by atoms with van der Waals surface area (Å²) in [6.07, 6.45) is 0. The number of thiophene rings is 1. The highest BCUT2D eigenvalue weighted by molar-refractivity contribution is 7.99. The van der Waals surface area contributed by atoms with Crippen molar-refractivity contribution in [3.63, 3.8) is 0 Å². The van der Waals surface area contributed by atoms with Crippen LogP contribution in [-0.2, 0) is 5.41 Å². The summed E-state index contributed by atoms with van der Waals surface area (Å²) in [5.41, 5.74) is 14.3. The van der Waals surface area contributed by atoms with Crippen molar-refractivity contribution in [1.82, 2.24) is 4.57 Å². The monoisotopic (exact) mass is 886 g/mol. The van der Waals surface area contributed by atoms with Gasteiger partial charge >= 0.3 is 0 Å². The molecule has 1 atom stereocenters. The Morgan fingerprint density at radius 3 is 1.88 bits per heavy atom. The SMILES string of the molecule is c1ccc2c(c1)Sc1cc(N(c3ccc4c(c3)sc3ccccc34)c3ccc4c5ccccc5n(-c5cccc6ccccc56)c4c3)ccc1C21c2ccccc2-c2cccc3cccc1c23. The Bertz CT molecular complexity index is 4220. The first-order valence-electron chi connectivity index (χ1n) is 23.0. The molecule has 0 saturated heterocycles. The zero-order chi connectivity index (χ0) is 43.8. The second kappa shape index (κ2) is 14.1. The Balaban J connectivity index is 1.00. The molecule has 0 N–H and O–H groups in total. The number of hydrogen-bond acceptors (Lipinski definition) is 3. The summed E-state index contributed by atoms with van der Waals surface area (Å²) < 4.78 is 5.06. The molecule has 0 radical (unpaired) electrons. The normalized spacial score (nSPS) is 14.9. The van der Waals surface area contributed by atoms with Crippen LogP contribution in [0.4, 0.5) is 17.1 Å². The van der Waals surface area contributed by atoms with Crippen molar-refractivity contribution in [2.75, 3.05) is 4.90 Å². The topological polar surface area (TPSA) is 8.17 Å². The van der Waals surface area contributed by atoms with Crippen LogP contribution in [0.2, 0.25) is 0 Å². The molecule has 0 bridgehead atoms. The first-order chi connectivity index (χ1) is 33.2. The van der Waals surface area contributed by atoms with E-state index in [1.54, 1.807) is 0 Å². The van der Waals surface area contributed by atoms with Gasteiger partial charge in [-0.1, -0.05) is 182 Å². The first kappa shape index (κ1) is 37.3. The minimum absolute atomic E-state index is 0.515. The lowest BCUT2D eigenvalue weighted by Gasteiger charge is -2.46. The molecule has 0 amide bonds. The standard InChI is InChI=1S/C63H38N2S2/c1-2-18-44-39(14-1)15-13-27-55(44)65-56-26-8-4-20-46(56)47-33-30-41(36-57(47)65)64(42-31-34-49-48-21-5-9-28-58(48)66-60(49)37-42)43-32-35-53-61(38-43)67-59-29-10-7-24-52(59)63(53)51-23-6-3-19-45(51)50-22-11-16-40-17-12-25-54(63)62(40)50/h1-38H. The van der Waals surface area contributed by atoms with E-state index in [1.807, 2.05) is 23.1 Å². The van der Waals surface area contributed by atoms with Crippen LogP contribution in [0.25, 0.3) is 80.3 Å². The van der Waals surface area contributed by atoms with Gasteiger partial charge < -0.3 is 9.47 Å². The van der Waals surface area contributed by atoms with Crippen molar-refractivity contribution in [2.24, 2.45) is 0 Å². The highest BCUT2D eigenvalue weighted by Gasteiger charge is 2.48. The molecule has 1 unspecified atom stereocenters. The lowest BCUT2D eigenvalue weighted by molar-refractivity contribution is 0.707. The third-order valence-electron chi connectivity index (χ3n) is 14.6. The maximum atomic E-state index is 2.49. The Morgan fingerprint density at radius 1 is 0.358 bits per heavy atom. The first-order valence-corrected chi connectivity index (χ1v) is 24.6. The molecule has 1 spiro atoms.